The number of nitrogens with zero attached hydrogens (tertiary/aromatic N) is 1. The van der Waals surface area contributed by atoms with Crippen LogP contribution in [0.3, 0.4) is 0 Å². The number of rotatable bonds is 4. The molecule has 5 nitrogen and oxygen atoms in total. The van der Waals surface area contributed by atoms with Gasteiger partial charge in [-0.1, -0.05) is 0 Å². The van der Waals surface area contributed by atoms with Gasteiger partial charge in [0.15, 0.2) is 0 Å². The van der Waals surface area contributed by atoms with E-state index in [0.29, 0.717) is 6.07 Å². The summed E-state index contributed by atoms with van der Waals surface area (Å²) in [5, 5.41) is 13.1. The molecule has 0 radical (unpaired) electrons. The molecule has 2 rings (SSSR count). The van der Waals surface area contributed by atoms with Crippen molar-refractivity contribution in [3.8, 4) is 0 Å². The van der Waals surface area contributed by atoms with Gasteiger partial charge in [0.1, 0.15) is 11.4 Å². The molecule has 1 unspecified atom stereocenters. The SMILES string of the molecule is CC1(CNC(=O)c2c(F)ccc([N+](=O)[O-])c2F)CCCS1. The van der Waals surface area contributed by atoms with Gasteiger partial charge in [-0.05, 0) is 31.6 Å². The predicted molar refractivity (Wildman–Crippen MR) is 75.4 cm³/mol. The minimum absolute atomic E-state index is 0.163. The molecule has 1 atom stereocenters. The maximum Gasteiger partial charge on any atom is 0.305 e. The van der Waals surface area contributed by atoms with E-state index in [2.05, 4.69) is 5.32 Å². The van der Waals surface area contributed by atoms with Gasteiger partial charge in [-0.3, -0.25) is 14.9 Å². The van der Waals surface area contributed by atoms with Crippen LogP contribution in [0.1, 0.15) is 30.1 Å². The molecular formula is C13H14F2N2O3S. The Morgan fingerprint density at radius 3 is 2.81 bits per heavy atom. The fourth-order valence-corrected chi connectivity index (χ4v) is 3.47. The quantitative estimate of drug-likeness (QED) is 0.685. The van der Waals surface area contributed by atoms with Gasteiger partial charge < -0.3 is 5.32 Å². The van der Waals surface area contributed by atoms with E-state index in [0.717, 1.165) is 24.7 Å². The average Bonchev–Trinajstić information content (AvgIpc) is 2.83. The molecule has 0 saturated carbocycles. The predicted octanol–water partition coefficient (Wildman–Crippen LogP) is 2.89. The lowest BCUT2D eigenvalue weighted by Crippen LogP contribution is -2.37. The third kappa shape index (κ3) is 3.31. The number of halogens is 2. The van der Waals surface area contributed by atoms with E-state index < -0.39 is 33.7 Å². The smallest absolute Gasteiger partial charge is 0.305 e. The van der Waals surface area contributed by atoms with Crippen LogP contribution in [-0.2, 0) is 0 Å². The Balaban J connectivity index is 2.19. The van der Waals surface area contributed by atoms with Crippen molar-refractivity contribution in [2.24, 2.45) is 0 Å². The molecule has 1 amide bonds. The van der Waals surface area contributed by atoms with E-state index in [1.54, 1.807) is 11.8 Å². The van der Waals surface area contributed by atoms with Gasteiger partial charge in [-0.15, -0.1) is 0 Å². The molecule has 1 aromatic carbocycles. The zero-order chi connectivity index (χ0) is 15.6. The van der Waals surface area contributed by atoms with Crippen molar-refractivity contribution in [2.45, 2.75) is 24.5 Å². The van der Waals surface area contributed by atoms with Crippen LogP contribution in [0.4, 0.5) is 14.5 Å². The summed E-state index contributed by atoms with van der Waals surface area (Å²) in [6.45, 7) is 2.23. The molecule has 1 aromatic rings. The summed E-state index contributed by atoms with van der Waals surface area (Å²) in [4.78, 5) is 21.6. The second-order valence-corrected chi connectivity index (χ2v) is 6.78. The highest BCUT2D eigenvalue weighted by Crippen LogP contribution is 2.37. The number of carbonyl (C=O) groups excluding carboxylic acids is 1. The first-order chi connectivity index (χ1) is 9.84. The molecule has 1 aliphatic heterocycles. The summed E-state index contributed by atoms with van der Waals surface area (Å²) in [7, 11) is 0. The van der Waals surface area contributed by atoms with E-state index in [1.807, 2.05) is 6.92 Å². The Morgan fingerprint density at radius 1 is 1.52 bits per heavy atom. The molecular weight excluding hydrogens is 302 g/mol. The van der Waals surface area contributed by atoms with Crippen molar-refractivity contribution in [1.29, 1.82) is 0 Å². The lowest BCUT2D eigenvalue weighted by Gasteiger charge is -2.22. The summed E-state index contributed by atoms with van der Waals surface area (Å²) in [5.41, 5.74) is -1.82. The number of hydrogen-bond donors (Lipinski definition) is 1. The van der Waals surface area contributed by atoms with Crippen LogP contribution in [0, 0.1) is 21.7 Å². The van der Waals surface area contributed by atoms with Gasteiger partial charge in [0, 0.05) is 17.4 Å². The lowest BCUT2D eigenvalue weighted by molar-refractivity contribution is -0.387. The molecule has 21 heavy (non-hydrogen) atoms. The molecule has 1 N–H and O–H groups in total. The van der Waals surface area contributed by atoms with Gasteiger partial charge in [0.05, 0.1) is 4.92 Å². The van der Waals surface area contributed by atoms with E-state index in [9.17, 15) is 23.7 Å². The molecule has 1 aliphatic rings. The maximum atomic E-state index is 13.9. The van der Waals surface area contributed by atoms with Gasteiger partial charge >= 0.3 is 5.69 Å². The minimum Gasteiger partial charge on any atom is -0.350 e. The summed E-state index contributed by atoms with van der Waals surface area (Å²) in [5.74, 6) is -2.55. The zero-order valence-corrected chi connectivity index (χ0v) is 12.1. The van der Waals surface area contributed by atoms with Gasteiger partial charge in [-0.25, -0.2) is 4.39 Å². The van der Waals surface area contributed by atoms with Gasteiger partial charge in [0.2, 0.25) is 5.82 Å². The normalized spacial score (nSPS) is 21.3. The number of carbonyl (C=O) groups is 1. The number of nitro groups is 1. The first-order valence-corrected chi connectivity index (χ1v) is 7.37. The van der Waals surface area contributed by atoms with Crippen LogP contribution in [0.5, 0.6) is 0 Å². The number of hydrogen-bond acceptors (Lipinski definition) is 4. The minimum atomic E-state index is -1.44. The standard InChI is InChI=1S/C13H14F2N2O3S/c1-13(5-2-6-21-13)7-16-12(18)10-8(14)3-4-9(11(10)15)17(19)20/h3-4H,2,5-7H2,1H3,(H,16,18). The number of nitrogens with one attached hydrogen (secondary N) is 1. The van der Waals surface area contributed by atoms with Crippen LogP contribution >= 0.6 is 11.8 Å². The molecule has 0 aromatic heterocycles. The molecule has 1 saturated heterocycles. The number of nitro benzene ring substituents is 1. The second kappa shape index (κ2) is 5.97. The Morgan fingerprint density at radius 2 is 2.24 bits per heavy atom. The van der Waals surface area contributed by atoms with E-state index in [-0.39, 0.29) is 11.3 Å². The van der Waals surface area contributed by atoms with Crippen LogP contribution in [0.15, 0.2) is 12.1 Å². The Labute approximate surface area is 124 Å². The maximum absolute atomic E-state index is 13.9. The van der Waals surface area contributed by atoms with Gasteiger partial charge in [-0.2, -0.15) is 16.2 Å². The molecule has 8 heteroatoms. The molecule has 0 aliphatic carbocycles. The van der Waals surface area contributed by atoms with Crippen molar-refractivity contribution in [3.63, 3.8) is 0 Å². The second-order valence-electron chi connectivity index (χ2n) is 5.10. The Hall–Kier alpha value is -1.70. The first kappa shape index (κ1) is 15.7. The van der Waals surface area contributed by atoms with Gasteiger partial charge in [0.25, 0.3) is 5.91 Å². The van der Waals surface area contributed by atoms with E-state index >= 15 is 0 Å². The van der Waals surface area contributed by atoms with Crippen molar-refractivity contribution < 1.29 is 18.5 Å². The summed E-state index contributed by atoms with van der Waals surface area (Å²) >= 11 is 1.69. The monoisotopic (exact) mass is 316 g/mol. The number of benzene rings is 1. The third-order valence-electron chi connectivity index (χ3n) is 3.42. The topological polar surface area (TPSA) is 72.2 Å². The highest BCUT2D eigenvalue weighted by Gasteiger charge is 2.31. The van der Waals surface area contributed by atoms with Crippen molar-refractivity contribution in [2.75, 3.05) is 12.3 Å². The lowest BCUT2D eigenvalue weighted by atomic mass is 10.1. The Bertz CT molecular complexity index is 589. The average molecular weight is 316 g/mol. The van der Waals surface area contributed by atoms with Crippen molar-refractivity contribution in [3.05, 3.63) is 39.4 Å². The van der Waals surface area contributed by atoms with E-state index in [1.165, 1.54) is 0 Å². The van der Waals surface area contributed by atoms with Crippen LogP contribution in [0.25, 0.3) is 0 Å². The summed E-state index contributed by atoms with van der Waals surface area (Å²) < 4.78 is 27.3. The highest BCUT2D eigenvalue weighted by molar-refractivity contribution is 8.00. The molecule has 114 valence electrons. The third-order valence-corrected chi connectivity index (χ3v) is 4.96. The Kier molecular flexibility index (Phi) is 4.46. The molecule has 1 fully saturated rings. The fraction of sp³-hybridized carbons (Fsp3) is 0.462. The van der Waals surface area contributed by atoms with Crippen molar-refractivity contribution >= 4 is 23.4 Å². The zero-order valence-electron chi connectivity index (χ0n) is 11.3. The largest absolute Gasteiger partial charge is 0.350 e. The van der Waals surface area contributed by atoms with Crippen molar-refractivity contribution in [1.82, 2.24) is 5.32 Å². The van der Waals surface area contributed by atoms with Crippen LogP contribution in [-0.4, -0.2) is 27.9 Å². The molecule has 0 bridgehead atoms. The summed E-state index contributed by atoms with van der Waals surface area (Å²) in [6.07, 6.45) is 1.93. The van der Waals surface area contributed by atoms with Crippen LogP contribution < -0.4 is 5.32 Å². The number of thioether (sulfide) groups is 1. The fourth-order valence-electron chi connectivity index (χ4n) is 2.22. The molecule has 0 spiro atoms. The van der Waals surface area contributed by atoms with E-state index in [4.69, 9.17) is 0 Å². The summed E-state index contributed by atoms with van der Waals surface area (Å²) in [6, 6.07) is 1.43. The van der Waals surface area contributed by atoms with Crippen LogP contribution in [0.2, 0.25) is 0 Å². The number of amides is 1. The first-order valence-electron chi connectivity index (χ1n) is 6.38. The molecule has 1 heterocycles. The highest BCUT2D eigenvalue weighted by atomic mass is 32.2.